The number of hydrogen-bond acceptors (Lipinski definition) is 4. The number of aryl methyl sites for hydroxylation is 1. The molecule has 0 aromatic heterocycles. The molecule has 1 aromatic rings. The second-order valence-corrected chi connectivity index (χ2v) is 6.07. The predicted octanol–water partition coefficient (Wildman–Crippen LogP) is 1.41. The molecule has 0 fully saturated rings. The van der Waals surface area contributed by atoms with Crippen molar-refractivity contribution in [1.82, 2.24) is 0 Å². The number of carbonyl (C=O) groups is 2. The molecule has 0 heterocycles. The highest BCUT2D eigenvalue weighted by Crippen LogP contribution is 2.23. The normalized spacial score (nSPS) is 12.8. The number of rotatable bonds is 6. The molecular weight excluding hydrogens is 274 g/mol. The number of likely N-dealkylation sites (N-methyl/N-ethyl adjacent to an activating group) is 1. The number of aromatic hydroxyl groups is 1. The van der Waals surface area contributed by atoms with E-state index >= 15 is 0 Å². The number of para-hydroxylation sites is 1. The quantitative estimate of drug-likeness (QED) is 0.612. The molecular formula is C15H22NO5+. The number of quaternary nitrogens is 1. The third kappa shape index (κ3) is 5.43. The average Bonchev–Trinajstić information content (AvgIpc) is 2.29. The number of carbonyl (C=O) groups excluding carboxylic acids is 1. The van der Waals surface area contributed by atoms with Crippen LogP contribution in [0.2, 0.25) is 0 Å². The zero-order valence-corrected chi connectivity index (χ0v) is 12.8. The lowest BCUT2D eigenvalue weighted by atomic mass is 10.1. The maximum absolute atomic E-state index is 12.1. The summed E-state index contributed by atoms with van der Waals surface area (Å²) in [5.74, 6) is -1.88. The Balaban J connectivity index is 2.89. The van der Waals surface area contributed by atoms with Gasteiger partial charge in [0.25, 0.3) is 0 Å². The van der Waals surface area contributed by atoms with Gasteiger partial charge in [-0.2, -0.15) is 0 Å². The first-order valence-corrected chi connectivity index (χ1v) is 6.62. The lowest BCUT2D eigenvalue weighted by Gasteiger charge is -2.28. The second-order valence-electron chi connectivity index (χ2n) is 6.07. The highest BCUT2D eigenvalue weighted by Gasteiger charge is 2.26. The molecule has 0 aliphatic rings. The summed E-state index contributed by atoms with van der Waals surface area (Å²) in [6.07, 6.45) is -1.02. The molecule has 0 saturated carbocycles. The Hall–Kier alpha value is -2.08. The third-order valence-corrected chi connectivity index (χ3v) is 2.89. The van der Waals surface area contributed by atoms with E-state index in [2.05, 4.69) is 0 Å². The fourth-order valence-electron chi connectivity index (χ4n) is 1.99. The van der Waals surface area contributed by atoms with E-state index in [0.717, 1.165) is 0 Å². The molecule has 6 nitrogen and oxygen atoms in total. The number of nitrogens with zero attached hydrogens (tertiary/aromatic N) is 1. The fourth-order valence-corrected chi connectivity index (χ4v) is 1.99. The van der Waals surface area contributed by atoms with Gasteiger partial charge in [0.1, 0.15) is 17.9 Å². The molecule has 0 spiro atoms. The molecule has 0 aliphatic carbocycles. The number of benzene rings is 1. The Kier molecular flexibility index (Phi) is 5.32. The Labute approximate surface area is 124 Å². The summed E-state index contributed by atoms with van der Waals surface area (Å²) in [6.45, 7) is 2.04. The maximum atomic E-state index is 12.1. The smallest absolute Gasteiger partial charge is 0.342 e. The van der Waals surface area contributed by atoms with Gasteiger partial charge in [-0.25, -0.2) is 4.79 Å². The topological polar surface area (TPSA) is 83.8 Å². The molecule has 0 saturated heterocycles. The van der Waals surface area contributed by atoms with Gasteiger partial charge >= 0.3 is 11.9 Å². The van der Waals surface area contributed by atoms with Crippen LogP contribution < -0.4 is 0 Å². The van der Waals surface area contributed by atoms with Crippen LogP contribution in [0.5, 0.6) is 5.75 Å². The summed E-state index contributed by atoms with van der Waals surface area (Å²) < 4.78 is 5.73. The standard InChI is InChI=1S/C15H21NO5/c1-10-6-5-7-12(14(10)19)15(20)21-11(8-13(17)18)9-16(2,3)4/h5-7,11H,8-9H2,1-4H3,(H-,17,18,19,20)/p+1. The van der Waals surface area contributed by atoms with Crippen LogP contribution in [0.3, 0.4) is 0 Å². The number of ether oxygens (including phenoxy) is 1. The summed E-state index contributed by atoms with van der Waals surface area (Å²) in [5, 5.41) is 18.8. The van der Waals surface area contributed by atoms with Crippen molar-refractivity contribution in [3.8, 4) is 5.75 Å². The van der Waals surface area contributed by atoms with E-state index in [-0.39, 0.29) is 17.7 Å². The summed E-state index contributed by atoms with van der Waals surface area (Å²) in [4.78, 5) is 23.0. The van der Waals surface area contributed by atoms with Gasteiger partial charge < -0.3 is 19.4 Å². The van der Waals surface area contributed by atoms with Gasteiger partial charge in [-0.05, 0) is 18.6 Å². The van der Waals surface area contributed by atoms with Crippen molar-refractivity contribution < 1.29 is 29.0 Å². The molecule has 0 amide bonds. The van der Waals surface area contributed by atoms with Crippen LogP contribution in [-0.2, 0) is 9.53 Å². The number of phenolic OH excluding ortho intramolecular Hbond substituents is 1. The Morgan fingerprint density at radius 3 is 2.43 bits per heavy atom. The van der Waals surface area contributed by atoms with E-state index in [1.54, 1.807) is 19.1 Å². The van der Waals surface area contributed by atoms with Crippen molar-refractivity contribution in [2.24, 2.45) is 0 Å². The molecule has 1 unspecified atom stereocenters. The molecule has 0 radical (unpaired) electrons. The molecule has 1 atom stereocenters. The van der Waals surface area contributed by atoms with Gasteiger partial charge in [0, 0.05) is 0 Å². The van der Waals surface area contributed by atoms with E-state index < -0.39 is 18.0 Å². The van der Waals surface area contributed by atoms with Crippen LogP contribution in [0.4, 0.5) is 0 Å². The number of hydrogen-bond donors (Lipinski definition) is 2. The molecule has 1 aromatic carbocycles. The number of carboxylic acids is 1. The maximum Gasteiger partial charge on any atom is 0.342 e. The number of carboxylic acid groups (broad SMARTS) is 1. The monoisotopic (exact) mass is 296 g/mol. The lowest BCUT2D eigenvalue weighted by Crippen LogP contribution is -2.43. The Morgan fingerprint density at radius 1 is 1.29 bits per heavy atom. The zero-order chi connectivity index (χ0) is 16.2. The summed E-state index contributed by atoms with van der Waals surface area (Å²) >= 11 is 0. The number of aliphatic carboxylic acids is 1. The molecule has 116 valence electrons. The van der Waals surface area contributed by atoms with Crippen molar-refractivity contribution in [2.45, 2.75) is 19.4 Å². The van der Waals surface area contributed by atoms with Crippen LogP contribution in [0.25, 0.3) is 0 Å². The van der Waals surface area contributed by atoms with E-state index in [1.165, 1.54) is 6.07 Å². The highest BCUT2D eigenvalue weighted by atomic mass is 16.5. The highest BCUT2D eigenvalue weighted by molar-refractivity contribution is 5.93. The first-order chi connectivity index (χ1) is 9.60. The molecule has 21 heavy (non-hydrogen) atoms. The zero-order valence-electron chi connectivity index (χ0n) is 12.8. The Morgan fingerprint density at radius 2 is 1.90 bits per heavy atom. The molecule has 1 rings (SSSR count). The minimum Gasteiger partial charge on any atom is -0.507 e. The average molecular weight is 296 g/mol. The molecule has 2 N–H and O–H groups in total. The van der Waals surface area contributed by atoms with E-state index in [1.807, 2.05) is 21.1 Å². The van der Waals surface area contributed by atoms with Crippen LogP contribution in [-0.4, -0.2) is 60.4 Å². The first-order valence-electron chi connectivity index (χ1n) is 6.62. The summed E-state index contributed by atoms with van der Waals surface area (Å²) in [7, 11) is 5.65. The second kappa shape index (κ2) is 6.58. The van der Waals surface area contributed by atoms with Crippen molar-refractivity contribution in [3.05, 3.63) is 29.3 Å². The van der Waals surface area contributed by atoms with Crippen molar-refractivity contribution in [1.29, 1.82) is 0 Å². The molecule has 0 aliphatic heterocycles. The van der Waals surface area contributed by atoms with Crippen molar-refractivity contribution in [2.75, 3.05) is 27.7 Å². The van der Waals surface area contributed by atoms with E-state index in [0.29, 0.717) is 16.6 Å². The van der Waals surface area contributed by atoms with Gasteiger partial charge in [-0.15, -0.1) is 0 Å². The van der Waals surface area contributed by atoms with Crippen molar-refractivity contribution >= 4 is 11.9 Å². The van der Waals surface area contributed by atoms with Crippen molar-refractivity contribution in [3.63, 3.8) is 0 Å². The first kappa shape index (κ1) is 17.0. The molecule has 0 bridgehead atoms. The van der Waals surface area contributed by atoms with E-state index in [4.69, 9.17) is 9.84 Å². The van der Waals surface area contributed by atoms with Crippen LogP contribution in [0.15, 0.2) is 18.2 Å². The van der Waals surface area contributed by atoms with Crippen LogP contribution in [0.1, 0.15) is 22.3 Å². The van der Waals surface area contributed by atoms with E-state index in [9.17, 15) is 14.7 Å². The summed E-state index contributed by atoms with van der Waals surface area (Å²) in [6, 6.07) is 4.76. The van der Waals surface area contributed by atoms with Gasteiger partial charge in [-0.1, -0.05) is 12.1 Å². The Bertz CT molecular complexity index is 533. The minimum atomic E-state index is -1.03. The van der Waals surface area contributed by atoms with Gasteiger partial charge in [0.05, 0.1) is 27.6 Å². The minimum absolute atomic E-state index is 0.0480. The molecule has 6 heteroatoms. The van der Waals surface area contributed by atoms with Gasteiger partial charge in [-0.3, -0.25) is 4.79 Å². The fraction of sp³-hybridized carbons (Fsp3) is 0.467. The number of esters is 1. The lowest BCUT2D eigenvalue weighted by molar-refractivity contribution is -0.873. The summed E-state index contributed by atoms with van der Waals surface area (Å²) in [5.41, 5.74) is 0.609. The van der Waals surface area contributed by atoms with Gasteiger partial charge in [0.15, 0.2) is 6.10 Å². The van der Waals surface area contributed by atoms with Gasteiger partial charge in [0.2, 0.25) is 0 Å². The predicted molar refractivity (Wildman–Crippen MR) is 77.2 cm³/mol. The van der Waals surface area contributed by atoms with Crippen LogP contribution in [0, 0.1) is 6.92 Å². The SMILES string of the molecule is Cc1cccc(C(=O)OC(CC(=O)O)C[N+](C)(C)C)c1O. The van der Waals surface area contributed by atoms with Crippen LogP contribution >= 0.6 is 0 Å². The largest absolute Gasteiger partial charge is 0.507 e. The third-order valence-electron chi connectivity index (χ3n) is 2.89. The number of phenols is 1.